The van der Waals surface area contributed by atoms with Crippen LogP contribution in [0.2, 0.25) is 0 Å². The van der Waals surface area contributed by atoms with E-state index >= 15 is 0 Å². The summed E-state index contributed by atoms with van der Waals surface area (Å²) < 4.78 is 0. The van der Waals surface area contributed by atoms with Crippen molar-refractivity contribution in [2.45, 2.75) is 51.2 Å². The second kappa shape index (κ2) is 8.36. The zero-order valence-corrected chi connectivity index (χ0v) is 16.3. The third-order valence-electron chi connectivity index (χ3n) is 5.08. The highest BCUT2D eigenvalue weighted by molar-refractivity contribution is 7.99. The largest absolute Gasteiger partial charge is 0.340 e. The predicted molar refractivity (Wildman–Crippen MR) is 101 cm³/mol. The van der Waals surface area contributed by atoms with Crippen molar-refractivity contribution in [1.82, 2.24) is 25.0 Å². The van der Waals surface area contributed by atoms with Crippen LogP contribution in [-0.2, 0) is 11.2 Å². The average Bonchev–Trinajstić information content (AvgIpc) is 2.87. The Morgan fingerprint density at radius 1 is 1.32 bits per heavy atom. The van der Waals surface area contributed by atoms with E-state index in [9.17, 15) is 4.79 Å². The number of piperidine rings is 1. The topological polar surface area (TPSA) is 65.1 Å². The highest BCUT2D eigenvalue weighted by Crippen LogP contribution is 2.28. The summed E-state index contributed by atoms with van der Waals surface area (Å²) in [5.74, 6) is 2.12. The molecule has 1 amide bonds. The summed E-state index contributed by atoms with van der Waals surface area (Å²) in [7, 11) is 0. The average molecular weight is 364 g/mol. The van der Waals surface area contributed by atoms with Crippen molar-refractivity contribution in [2.75, 3.05) is 31.9 Å². The van der Waals surface area contributed by atoms with Crippen LogP contribution < -0.4 is 0 Å². The molecule has 1 N–H and O–H groups in total. The first-order valence-corrected chi connectivity index (χ1v) is 10.2. The van der Waals surface area contributed by atoms with Gasteiger partial charge in [0.25, 0.3) is 0 Å². The third-order valence-corrected chi connectivity index (χ3v) is 5.92. The molecule has 4 heterocycles. The first kappa shape index (κ1) is 18.5. The Morgan fingerprint density at radius 2 is 2.16 bits per heavy atom. The van der Waals surface area contributed by atoms with Crippen LogP contribution in [-0.4, -0.2) is 68.9 Å². The molecule has 1 aromatic heterocycles. The van der Waals surface area contributed by atoms with Gasteiger partial charge in [0.1, 0.15) is 5.82 Å². The number of aromatic nitrogens is 3. The number of carbonyl (C=O) groups excluding carboxylic acids is 1. The van der Waals surface area contributed by atoms with Crippen molar-refractivity contribution in [3.8, 4) is 0 Å². The molecule has 138 valence electrons. The quantitative estimate of drug-likeness (QED) is 0.621. The molecule has 0 aromatic carbocycles. The summed E-state index contributed by atoms with van der Waals surface area (Å²) >= 11 is 1.44. The molecule has 0 unspecified atom stereocenters. The number of hydrogen-bond donors (Lipinski definition) is 1. The number of nitrogens with one attached hydrogen (secondary N) is 1. The zero-order chi connectivity index (χ0) is 17.8. The van der Waals surface area contributed by atoms with E-state index in [1.165, 1.54) is 30.2 Å². The van der Waals surface area contributed by atoms with Gasteiger partial charge in [-0.1, -0.05) is 30.3 Å². The molecule has 1 aromatic rings. The molecule has 3 aliphatic heterocycles. The van der Waals surface area contributed by atoms with Gasteiger partial charge in [0.15, 0.2) is 0 Å². The number of rotatable bonds is 6. The van der Waals surface area contributed by atoms with Crippen molar-refractivity contribution in [2.24, 2.45) is 5.92 Å². The second-order valence-corrected chi connectivity index (χ2v) is 8.28. The summed E-state index contributed by atoms with van der Waals surface area (Å²) in [4.78, 5) is 21.7. The molecule has 25 heavy (non-hydrogen) atoms. The first-order chi connectivity index (χ1) is 12.0. The molecule has 2 bridgehead atoms. The molecule has 0 aliphatic carbocycles. The lowest BCUT2D eigenvalue weighted by Gasteiger charge is -2.35. The Morgan fingerprint density at radius 3 is 2.88 bits per heavy atom. The number of allylic oxidation sites excluding steroid dienone is 1. The number of aromatic amines is 1. The van der Waals surface area contributed by atoms with Gasteiger partial charge >= 0.3 is 0 Å². The zero-order valence-electron chi connectivity index (χ0n) is 15.5. The van der Waals surface area contributed by atoms with Gasteiger partial charge < -0.3 is 4.90 Å². The van der Waals surface area contributed by atoms with Crippen LogP contribution in [0.15, 0.2) is 16.8 Å². The minimum absolute atomic E-state index is 0.216. The number of nitrogens with zero attached hydrogens (tertiary/aromatic N) is 4. The number of H-pyrrole nitrogens is 1. The Hall–Kier alpha value is -1.34. The van der Waals surface area contributed by atoms with Crippen LogP contribution in [0.25, 0.3) is 0 Å². The fourth-order valence-corrected chi connectivity index (χ4v) is 4.34. The van der Waals surface area contributed by atoms with Crippen LogP contribution >= 0.6 is 11.8 Å². The summed E-state index contributed by atoms with van der Waals surface area (Å²) in [6.45, 7) is 10.2. The number of fused-ring (bicyclic) bond motifs is 4. The maximum atomic E-state index is 12.7. The molecule has 6 nitrogen and oxygen atoms in total. The van der Waals surface area contributed by atoms with E-state index in [2.05, 4.69) is 44.9 Å². The Labute approximate surface area is 154 Å². The van der Waals surface area contributed by atoms with E-state index in [-0.39, 0.29) is 5.91 Å². The van der Waals surface area contributed by atoms with Gasteiger partial charge in [0.2, 0.25) is 11.1 Å². The highest BCUT2D eigenvalue weighted by atomic mass is 32.2. The predicted octanol–water partition coefficient (Wildman–Crippen LogP) is 2.35. The fourth-order valence-electron chi connectivity index (χ4n) is 3.62. The smallest absolute Gasteiger partial charge is 0.233 e. The van der Waals surface area contributed by atoms with E-state index in [0.29, 0.717) is 22.9 Å². The standard InChI is InChI=1S/C18H29N5OS/c1-4-16-19-18(21-20-16)25-12-17(24)23-10-14-5-6-15(11-23)22(9-14)8-7-13(2)3/h7,14-15H,4-6,8-12H2,1-3H3,(H,19,20,21)/t14-,15-/m0/s1. The first-order valence-electron chi connectivity index (χ1n) is 9.24. The Bertz CT molecular complexity index is 625. The van der Waals surface area contributed by atoms with E-state index in [1.807, 2.05) is 6.92 Å². The third kappa shape index (κ3) is 4.85. The minimum Gasteiger partial charge on any atom is -0.340 e. The molecule has 0 spiro atoms. The van der Waals surface area contributed by atoms with Gasteiger partial charge in [-0.3, -0.25) is 14.8 Å². The molecule has 3 fully saturated rings. The van der Waals surface area contributed by atoms with Crippen LogP contribution in [0, 0.1) is 5.92 Å². The summed E-state index contributed by atoms with van der Waals surface area (Å²) in [6, 6.07) is 0.499. The van der Waals surface area contributed by atoms with Crippen LogP contribution in [0.3, 0.4) is 0 Å². The van der Waals surface area contributed by atoms with E-state index in [0.717, 1.165) is 38.4 Å². The highest BCUT2D eigenvalue weighted by Gasteiger charge is 2.35. The van der Waals surface area contributed by atoms with Crippen LogP contribution in [0.5, 0.6) is 0 Å². The van der Waals surface area contributed by atoms with Crippen molar-refractivity contribution >= 4 is 17.7 Å². The molecular formula is C18H29N5OS. The second-order valence-electron chi connectivity index (χ2n) is 7.34. The van der Waals surface area contributed by atoms with Gasteiger partial charge in [-0.2, -0.15) is 0 Å². The lowest BCUT2D eigenvalue weighted by molar-refractivity contribution is -0.128. The van der Waals surface area contributed by atoms with Crippen molar-refractivity contribution in [3.63, 3.8) is 0 Å². The van der Waals surface area contributed by atoms with E-state index in [4.69, 9.17) is 0 Å². The van der Waals surface area contributed by atoms with Gasteiger partial charge in [-0.05, 0) is 32.6 Å². The van der Waals surface area contributed by atoms with Crippen molar-refractivity contribution < 1.29 is 4.79 Å². The number of hydrogen-bond acceptors (Lipinski definition) is 5. The number of carbonyl (C=O) groups is 1. The van der Waals surface area contributed by atoms with Crippen LogP contribution in [0.1, 0.15) is 39.4 Å². The van der Waals surface area contributed by atoms with Gasteiger partial charge in [-0.15, -0.1) is 5.10 Å². The molecule has 3 aliphatic rings. The van der Waals surface area contributed by atoms with Crippen molar-refractivity contribution in [1.29, 1.82) is 0 Å². The molecular weight excluding hydrogens is 334 g/mol. The molecule has 0 radical (unpaired) electrons. The lowest BCUT2D eigenvalue weighted by atomic mass is 9.95. The molecule has 0 saturated carbocycles. The van der Waals surface area contributed by atoms with E-state index < -0.39 is 0 Å². The number of thioether (sulfide) groups is 1. The molecule has 7 heteroatoms. The van der Waals surface area contributed by atoms with Crippen LogP contribution in [0.4, 0.5) is 0 Å². The Kier molecular flexibility index (Phi) is 6.17. The Balaban J connectivity index is 1.56. The summed E-state index contributed by atoms with van der Waals surface area (Å²) in [5.41, 5.74) is 1.36. The lowest BCUT2D eigenvalue weighted by Crippen LogP contribution is -2.44. The number of amides is 1. The molecule has 4 rings (SSSR count). The van der Waals surface area contributed by atoms with Gasteiger partial charge in [0, 0.05) is 38.6 Å². The van der Waals surface area contributed by atoms with Gasteiger partial charge in [0.05, 0.1) is 5.75 Å². The fraction of sp³-hybridized carbons (Fsp3) is 0.722. The van der Waals surface area contributed by atoms with Crippen molar-refractivity contribution in [3.05, 3.63) is 17.5 Å². The molecule has 3 saturated heterocycles. The molecule has 2 atom stereocenters. The maximum absolute atomic E-state index is 12.7. The summed E-state index contributed by atoms with van der Waals surface area (Å²) in [5, 5.41) is 7.74. The monoisotopic (exact) mass is 363 g/mol. The minimum atomic E-state index is 0.216. The number of aryl methyl sites for hydroxylation is 1. The SMILES string of the molecule is CCc1nc(SCC(=O)N2C[C@H]3CC[C@@H](C2)N(CC=C(C)C)C3)n[nH]1. The van der Waals surface area contributed by atoms with E-state index in [1.54, 1.807) is 0 Å². The normalized spacial score (nSPS) is 23.6. The maximum Gasteiger partial charge on any atom is 0.233 e. The van der Waals surface area contributed by atoms with Gasteiger partial charge in [-0.25, -0.2) is 4.98 Å². The summed E-state index contributed by atoms with van der Waals surface area (Å²) in [6.07, 6.45) is 5.59.